The van der Waals surface area contributed by atoms with E-state index < -0.39 is 10.2 Å². The molecule has 2 saturated heterocycles. The zero-order valence-corrected chi connectivity index (χ0v) is 11.8. The summed E-state index contributed by atoms with van der Waals surface area (Å²) in [5, 5.41) is 3.31. The highest BCUT2D eigenvalue weighted by molar-refractivity contribution is 7.87. The SMILES string of the molecule is O=S(=O)(NCC1CCCNC1)N1CCCCCC1. The fourth-order valence-corrected chi connectivity index (χ4v) is 4.06. The lowest BCUT2D eigenvalue weighted by molar-refractivity contribution is 0.364. The number of nitrogens with zero attached hydrogens (tertiary/aromatic N) is 1. The van der Waals surface area contributed by atoms with Crippen molar-refractivity contribution in [3.63, 3.8) is 0 Å². The van der Waals surface area contributed by atoms with Gasteiger partial charge in [-0.05, 0) is 44.7 Å². The predicted octanol–water partition coefficient (Wildman–Crippen LogP) is 0.696. The van der Waals surface area contributed by atoms with E-state index in [1.54, 1.807) is 4.31 Å². The van der Waals surface area contributed by atoms with Gasteiger partial charge < -0.3 is 5.32 Å². The third-order valence-electron chi connectivity index (χ3n) is 3.86. The molecule has 6 heteroatoms. The largest absolute Gasteiger partial charge is 0.316 e. The second-order valence-electron chi connectivity index (χ2n) is 5.38. The Morgan fingerprint density at radius 2 is 1.83 bits per heavy atom. The Morgan fingerprint density at radius 1 is 1.11 bits per heavy atom. The van der Waals surface area contributed by atoms with Gasteiger partial charge in [-0.2, -0.15) is 12.7 Å². The van der Waals surface area contributed by atoms with Gasteiger partial charge in [0.15, 0.2) is 0 Å². The zero-order valence-electron chi connectivity index (χ0n) is 11.0. The van der Waals surface area contributed by atoms with Crippen LogP contribution in [0.2, 0.25) is 0 Å². The molecular weight excluding hydrogens is 250 g/mol. The van der Waals surface area contributed by atoms with Gasteiger partial charge in [0, 0.05) is 19.6 Å². The van der Waals surface area contributed by atoms with Gasteiger partial charge in [-0.15, -0.1) is 0 Å². The molecule has 5 nitrogen and oxygen atoms in total. The van der Waals surface area contributed by atoms with E-state index in [1.165, 1.54) is 0 Å². The van der Waals surface area contributed by atoms with Crippen LogP contribution in [0.1, 0.15) is 38.5 Å². The summed E-state index contributed by atoms with van der Waals surface area (Å²) in [4.78, 5) is 0. The summed E-state index contributed by atoms with van der Waals surface area (Å²) in [6.45, 7) is 3.93. The maximum absolute atomic E-state index is 12.2. The van der Waals surface area contributed by atoms with E-state index in [9.17, 15) is 8.42 Å². The quantitative estimate of drug-likeness (QED) is 0.794. The highest BCUT2D eigenvalue weighted by Gasteiger charge is 2.24. The van der Waals surface area contributed by atoms with Crippen LogP contribution in [0.15, 0.2) is 0 Å². The first-order chi connectivity index (χ1) is 8.68. The molecule has 2 N–H and O–H groups in total. The Bertz CT molecular complexity index is 331. The second-order valence-corrected chi connectivity index (χ2v) is 7.13. The molecule has 0 saturated carbocycles. The molecule has 18 heavy (non-hydrogen) atoms. The Kier molecular flexibility index (Phi) is 5.41. The fraction of sp³-hybridized carbons (Fsp3) is 1.00. The number of nitrogens with one attached hydrogen (secondary N) is 2. The highest BCUT2D eigenvalue weighted by atomic mass is 32.2. The van der Waals surface area contributed by atoms with Crippen molar-refractivity contribution < 1.29 is 8.42 Å². The van der Waals surface area contributed by atoms with E-state index in [0.29, 0.717) is 25.6 Å². The molecule has 2 fully saturated rings. The molecule has 1 atom stereocenters. The Labute approximate surface area is 110 Å². The van der Waals surface area contributed by atoms with Gasteiger partial charge >= 0.3 is 0 Å². The van der Waals surface area contributed by atoms with Crippen LogP contribution in [0.5, 0.6) is 0 Å². The molecule has 0 aromatic carbocycles. The molecule has 2 heterocycles. The Morgan fingerprint density at radius 3 is 2.44 bits per heavy atom. The second kappa shape index (κ2) is 6.84. The normalized spacial score (nSPS) is 27.9. The third kappa shape index (κ3) is 4.19. The monoisotopic (exact) mass is 275 g/mol. The summed E-state index contributed by atoms with van der Waals surface area (Å²) >= 11 is 0. The maximum Gasteiger partial charge on any atom is 0.279 e. The van der Waals surface area contributed by atoms with Gasteiger partial charge in [-0.3, -0.25) is 0 Å². The average Bonchev–Trinajstić information content (AvgIpc) is 2.67. The summed E-state index contributed by atoms with van der Waals surface area (Å²) in [5.74, 6) is 0.445. The van der Waals surface area contributed by atoms with Gasteiger partial charge in [0.1, 0.15) is 0 Å². The predicted molar refractivity (Wildman–Crippen MR) is 72.6 cm³/mol. The standard InChI is InChI=1S/C12H25N3O2S/c16-18(17,15-8-3-1-2-4-9-15)14-11-12-6-5-7-13-10-12/h12-14H,1-11H2. The van der Waals surface area contributed by atoms with Crippen LogP contribution in [0.4, 0.5) is 0 Å². The van der Waals surface area contributed by atoms with Crippen molar-refractivity contribution in [1.29, 1.82) is 0 Å². The van der Waals surface area contributed by atoms with Crippen LogP contribution in [0.3, 0.4) is 0 Å². The Balaban J connectivity index is 1.81. The number of rotatable bonds is 4. The molecule has 106 valence electrons. The van der Waals surface area contributed by atoms with Crippen molar-refractivity contribution in [3.8, 4) is 0 Å². The van der Waals surface area contributed by atoms with Gasteiger partial charge in [-0.1, -0.05) is 12.8 Å². The maximum atomic E-state index is 12.2. The summed E-state index contributed by atoms with van der Waals surface area (Å²) in [6.07, 6.45) is 6.56. The molecule has 1 unspecified atom stereocenters. The molecule has 2 aliphatic heterocycles. The summed E-state index contributed by atoms with van der Waals surface area (Å²) in [6, 6.07) is 0. The molecule has 0 aromatic heterocycles. The van der Waals surface area contributed by atoms with Crippen molar-refractivity contribution in [2.45, 2.75) is 38.5 Å². The van der Waals surface area contributed by atoms with Crippen LogP contribution in [-0.4, -0.2) is 45.4 Å². The van der Waals surface area contributed by atoms with Crippen LogP contribution < -0.4 is 10.0 Å². The third-order valence-corrected chi connectivity index (χ3v) is 5.43. The van der Waals surface area contributed by atoms with Crippen LogP contribution >= 0.6 is 0 Å². The first-order valence-corrected chi connectivity index (χ1v) is 8.58. The van der Waals surface area contributed by atoms with Crippen LogP contribution in [-0.2, 0) is 10.2 Å². The Hall–Kier alpha value is -0.170. The van der Waals surface area contributed by atoms with Gasteiger partial charge in [0.05, 0.1) is 0 Å². The molecule has 0 spiro atoms. The first kappa shape index (κ1) is 14.2. The average molecular weight is 275 g/mol. The smallest absolute Gasteiger partial charge is 0.279 e. The van der Waals surface area contributed by atoms with Crippen molar-refractivity contribution in [2.24, 2.45) is 5.92 Å². The number of hydrogen-bond acceptors (Lipinski definition) is 3. The van der Waals surface area contributed by atoms with Crippen LogP contribution in [0, 0.1) is 5.92 Å². The molecule has 0 bridgehead atoms. The van der Waals surface area contributed by atoms with Crippen molar-refractivity contribution in [2.75, 3.05) is 32.7 Å². The van der Waals surface area contributed by atoms with Gasteiger partial charge in [-0.25, -0.2) is 4.72 Å². The zero-order chi connectivity index (χ0) is 12.8. The van der Waals surface area contributed by atoms with E-state index in [-0.39, 0.29) is 0 Å². The van der Waals surface area contributed by atoms with Gasteiger partial charge in [0.2, 0.25) is 0 Å². The van der Waals surface area contributed by atoms with E-state index >= 15 is 0 Å². The van der Waals surface area contributed by atoms with Crippen molar-refractivity contribution in [3.05, 3.63) is 0 Å². The number of piperidine rings is 1. The summed E-state index contributed by atoms with van der Waals surface area (Å²) in [5.41, 5.74) is 0. The van der Waals surface area contributed by atoms with Gasteiger partial charge in [0.25, 0.3) is 10.2 Å². The van der Waals surface area contributed by atoms with E-state index in [1.807, 2.05) is 0 Å². The van der Waals surface area contributed by atoms with E-state index in [4.69, 9.17) is 0 Å². The topological polar surface area (TPSA) is 61.4 Å². The van der Waals surface area contributed by atoms with Crippen LogP contribution in [0.25, 0.3) is 0 Å². The first-order valence-electron chi connectivity index (χ1n) is 7.14. The lowest BCUT2D eigenvalue weighted by Gasteiger charge is -2.25. The lowest BCUT2D eigenvalue weighted by Crippen LogP contribution is -2.45. The molecule has 0 aliphatic carbocycles. The van der Waals surface area contributed by atoms with E-state index in [0.717, 1.165) is 51.6 Å². The summed E-state index contributed by atoms with van der Waals surface area (Å²) < 4.78 is 28.8. The fourth-order valence-electron chi connectivity index (χ4n) is 2.69. The minimum Gasteiger partial charge on any atom is -0.316 e. The minimum absolute atomic E-state index is 0.445. The number of hydrogen-bond donors (Lipinski definition) is 2. The molecule has 0 amide bonds. The van der Waals surface area contributed by atoms with Crippen molar-refractivity contribution >= 4 is 10.2 Å². The molecule has 2 aliphatic rings. The molecule has 2 rings (SSSR count). The van der Waals surface area contributed by atoms with Crippen molar-refractivity contribution in [1.82, 2.24) is 14.3 Å². The minimum atomic E-state index is -3.25. The molecule has 0 aromatic rings. The summed E-state index contributed by atoms with van der Waals surface area (Å²) in [7, 11) is -3.25. The lowest BCUT2D eigenvalue weighted by atomic mass is 10.0. The molecule has 0 radical (unpaired) electrons. The van der Waals surface area contributed by atoms with E-state index in [2.05, 4.69) is 10.0 Å². The molecular formula is C12H25N3O2S. The highest BCUT2D eigenvalue weighted by Crippen LogP contribution is 2.13.